The minimum atomic E-state index is 0.201. The summed E-state index contributed by atoms with van der Waals surface area (Å²) in [6.07, 6.45) is 3.80. The molecule has 0 saturated carbocycles. The molecule has 3 rings (SSSR count). The number of para-hydroxylation sites is 1. The van der Waals surface area contributed by atoms with Crippen molar-refractivity contribution in [2.45, 2.75) is 32.2 Å². The number of rotatable bonds is 4. The molecular weight excluding hydrogens is 238 g/mol. The first-order valence-corrected chi connectivity index (χ1v) is 7.30. The minimum Gasteiger partial charge on any atom is -0.492 e. The van der Waals surface area contributed by atoms with E-state index in [1.54, 1.807) is 0 Å². The number of nitrogens with one attached hydrogen (secondary N) is 1. The van der Waals surface area contributed by atoms with Gasteiger partial charge in [-0.2, -0.15) is 0 Å². The summed E-state index contributed by atoms with van der Waals surface area (Å²) in [6, 6.07) is 8.90. The van der Waals surface area contributed by atoms with Crippen LogP contribution in [-0.2, 0) is 4.74 Å². The van der Waals surface area contributed by atoms with E-state index in [0.717, 1.165) is 32.1 Å². The number of piperidine rings is 1. The van der Waals surface area contributed by atoms with Gasteiger partial charge in [0, 0.05) is 17.0 Å². The van der Waals surface area contributed by atoms with Crippen molar-refractivity contribution in [1.82, 2.24) is 5.32 Å². The van der Waals surface area contributed by atoms with E-state index in [-0.39, 0.29) is 5.41 Å². The van der Waals surface area contributed by atoms with Gasteiger partial charge in [-0.3, -0.25) is 0 Å². The topological polar surface area (TPSA) is 30.5 Å². The van der Waals surface area contributed by atoms with Crippen molar-refractivity contribution >= 4 is 0 Å². The Kier molecular flexibility index (Phi) is 3.76. The fourth-order valence-corrected chi connectivity index (χ4v) is 2.80. The lowest BCUT2D eigenvalue weighted by Crippen LogP contribution is -2.44. The summed E-state index contributed by atoms with van der Waals surface area (Å²) < 4.78 is 11.4. The largest absolute Gasteiger partial charge is 0.492 e. The van der Waals surface area contributed by atoms with Gasteiger partial charge in [-0.25, -0.2) is 0 Å². The first-order valence-electron chi connectivity index (χ1n) is 7.30. The average Bonchev–Trinajstić information content (AvgIpc) is 2.44. The molecule has 1 atom stereocenters. The van der Waals surface area contributed by atoms with Gasteiger partial charge in [-0.15, -0.1) is 0 Å². The van der Waals surface area contributed by atoms with Crippen LogP contribution in [0, 0.1) is 5.41 Å². The zero-order chi connectivity index (χ0) is 13.1. The van der Waals surface area contributed by atoms with Crippen molar-refractivity contribution < 1.29 is 9.47 Å². The number of ether oxygens (including phenoxy) is 2. The number of benzene rings is 1. The zero-order valence-corrected chi connectivity index (χ0v) is 11.7. The summed E-state index contributed by atoms with van der Waals surface area (Å²) in [7, 11) is 0. The molecule has 19 heavy (non-hydrogen) atoms. The van der Waals surface area contributed by atoms with Gasteiger partial charge in [-0.05, 0) is 25.5 Å². The molecule has 0 bridgehead atoms. The predicted octanol–water partition coefficient (Wildman–Crippen LogP) is 2.92. The van der Waals surface area contributed by atoms with E-state index in [9.17, 15) is 0 Å². The predicted molar refractivity (Wildman–Crippen MR) is 75.5 cm³/mol. The molecule has 1 aromatic rings. The molecule has 2 saturated heterocycles. The highest BCUT2D eigenvalue weighted by Crippen LogP contribution is 2.33. The van der Waals surface area contributed by atoms with Gasteiger partial charge in [-0.1, -0.05) is 31.5 Å². The van der Waals surface area contributed by atoms with Crippen LogP contribution in [0.5, 0.6) is 5.75 Å². The molecule has 0 amide bonds. The van der Waals surface area contributed by atoms with E-state index in [0.29, 0.717) is 6.04 Å². The third kappa shape index (κ3) is 2.93. The summed E-state index contributed by atoms with van der Waals surface area (Å²) in [5.41, 5.74) is 1.51. The van der Waals surface area contributed by atoms with Crippen molar-refractivity contribution in [1.29, 1.82) is 0 Å². The van der Waals surface area contributed by atoms with E-state index in [4.69, 9.17) is 9.47 Å². The summed E-state index contributed by atoms with van der Waals surface area (Å²) in [6.45, 7) is 5.72. The maximum Gasteiger partial charge on any atom is 0.124 e. The second-order valence-electron chi connectivity index (χ2n) is 6.13. The molecule has 0 radical (unpaired) electrons. The van der Waals surface area contributed by atoms with E-state index < -0.39 is 0 Å². The lowest BCUT2D eigenvalue weighted by atomic mass is 9.90. The molecule has 2 aliphatic heterocycles. The van der Waals surface area contributed by atoms with Crippen LogP contribution in [-0.4, -0.2) is 26.4 Å². The highest BCUT2D eigenvalue weighted by atomic mass is 16.5. The van der Waals surface area contributed by atoms with Crippen molar-refractivity contribution in [3.05, 3.63) is 29.8 Å². The number of hydrogen-bond donors (Lipinski definition) is 1. The molecule has 2 aliphatic rings. The van der Waals surface area contributed by atoms with Crippen LogP contribution in [0.4, 0.5) is 0 Å². The van der Waals surface area contributed by atoms with Gasteiger partial charge in [0.2, 0.25) is 0 Å². The highest BCUT2D eigenvalue weighted by molar-refractivity contribution is 5.36. The summed E-state index contributed by atoms with van der Waals surface area (Å²) >= 11 is 0. The van der Waals surface area contributed by atoms with Gasteiger partial charge in [0.1, 0.15) is 5.75 Å². The van der Waals surface area contributed by atoms with E-state index in [1.165, 1.54) is 24.8 Å². The van der Waals surface area contributed by atoms with Gasteiger partial charge in [0.25, 0.3) is 0 Å². The Morgan fingerprint density at radius 2 is 2.16 bits per heavy atom. The smallest absolute Gasteiger partial charge is 0.124 e. The SMILES string of the molecule is CC1(COc2ccccc2C2CCCCN2)COC1. The van der Waals surface area contributed by atoms with Gasteiger partial charge < -0.3 is 14.8 Å². The van der Waals surface area contributed by atoms with Crippen LogP contribution in [0.25, 0.3) is 0 Å². The molecule has 1 unspecified atom stereocenters. The molecule has 2 heterocycles. The quantitative estimate of drug-likeness (QED) is 0.904. The van der Waals surface area contributed by atoms with Crippen molar-refractivity contribution in [2.24, 2.45) is 5.41 Å². The maximum atomic E-state index is 6.08. The summed E-state index contributed by atoms with van der Waals surface area (Å²) in [5.74, 6) is 1.04. The Balaban J connectivity index is 1.69. The molecule has 2 fully saturated rings. The summed E-state index contributed by atoms with van der Waals surface area (Å²) in [4.78, 5) is 0. The van der Waals surface area contributed by atoms with Crippen LogP contribution in [0.1, 0.15) is 37.8 Å². The molecule has 1 aromatic carbocycles. The second-order valence-corrected chi connectivity index (χ2v) is 6.13. The normalized spacial score (nSPS) is 25.6. The molecular formula is C16H23NO2. The Morgan fingerprint density at radius 1 is 1.32 bits per heavy atom. The Hall–Kier alpha value is -1.06. The van der Waals surface area contributed by atoms with Crippen molar-refractivity contribution in [3.8, 4) is 5.75 Å². The van der Waals surface area contributed by atoms with Crippen LogP contribution < -0.4 is 10.1 Å². The summed E-state index contributed by atoms with van der Waals surface area (Å²) in [5, 5.41) is 3.60. The Morgan fingerprint density at radius 3 is 2.84 bits per heavy atom. The molecule has 1 N–H and O–H groups in total. The lowest BCUT2D eigenvalue weighted by Gasteiger charge is -2.38. The van der Waals surface area contributed by atoms with Gasteiger partial charge in [0.15, 0.2) is 0 Å². The van der Waals surface area contributed by atoms with Crippen LogP contribution in [0.2, 0.25) is 0 Å². The standard InChI is InChI=1S/C16H23NO2/c1-16(10-18-11-16)12-19-15-8-3-2-6-13(15)14-7-4-5-9-17-14/h2-3,6,8,14,17H,4-5,7,9-12H2,1H3. The van der Waals surface area contributed by atoms with Crippen LogP contribution in [0.3, 0.4) is 0 Å². The molecule has 0 aliphatic carbocycles. The third-order valence-corrected chi connectivity index (χ3v) is 4.08. The minimum absolute atomic E-state index is 0.201. The van der Waals surface area contributed by atoms with E-state index in [2.05, 4.69) is 36.5 Å². The lowest BCUT2D eigenvalue weighted by molar-refractivity contribution is -0.120. The molecule has 0 spiro atoms. The zero-order valence-electron chi connectivity index (χ0n) is 11.7. The monoisotopic (exact) mass is 261 g/mol. The van der Waals surface area contributed by atoms with Crippen LogP contribution >= 0.6 is 0 Å². The Bertz CT molecular complexity index is 423. The molecule has 3 nitrogen and oxygen atoms in total. The molecule has 0 aromatic heterocycles. The average molecular weight is 261 g/mol. The van der Waals surface area contributed by atoms with Crippen molar-refractivity contribution in [2.75, 3.05) is 26.4 Å². The van der Waals surface area contributed by atoms with Crippen LogP contribution in [0.15, 0.2) is 24.3 Å². The Labute approximate surface area is 115 Å². The molecule has 104 valence electrons. The molecule has 3 heteroatoms. The van der Waals surface area contributed by atoms with E-state index >= 15 is 0 Å². The number of hydrogen-bond acceptors (Lipinski definition) is 3. The van der Waals surface area contributed by atoms with Crippen molar-refractivity contribution in [3.63, 3.8) is 0 Å². The highest BCUT2D eigenvalue weighted by Gasteiger charge is 2.34. The van der Waals surface area contributed by atoms with E-state index in [1.807, 2.05) is 0 Å². The first-order chi connectivity index (χ1) is 9.27. The fraction of sp³-hybridized carbons (Fsp3) is 0.625. The maximum absolute atomic E-state index is 6.08. The van der Waals surface area contributed by atoms with Gasteiger partial charge in [0.05, 0.1) is 19.8 Å². The second kappa shape index (κ2) is 5.51. The first kappa shape index (κ1) is 12.9. The third-order valence-electron chi connectivity index (χ3n) is 4.08. The van der Waals surface area contributed by atoms with Gasteiger partial charge >= 0.3 is 0 Å². The fourth-order valence-electron chi connectivity index (χ4n) is 2.80.